The molecule has 0 unspecified atom stereocenters. The normalized spacial score (nSPS) is 11.2. The van der Waals surface area contributed by atoms with Gasteiger partial charge in [-0.15, -0.1) is 0 Å². The Labute approximate surface area is 140 Å². The number of aromatic hydroxyl groups is 1. The lowest BCUT2D eigenvalue weighted by Gasteiger charge is -2.09. The third-order valence-corrected chi connectivity index (χ3v) is 3.75. The molecule has 2 aromatic rings. The van der Waals surface area contributed by atoms with E-state index in [0.717, 1.165) is 35.8 Å². The number of nitrogens with one attached hydrogen (secondary N) is 1. The van der Waals surface area contributed by atoms with E-state index >= 15 is 0 Å². The van der Waals surface area contributed by atoms with Gasteiger partial charge in [-0.25, -0.2) is 4.79 Å². The standard InChI is InChI=1S/C18H23N3O3/c1-2-3-4-8-11-19-12-15-16(22)20-18(24)21(17(15)23)13-14-9-6-5-7-10-14/h5-7,9-10,12,23H,2-4,8,11,13H2,1H3,(H,20,22,24). The SMILES string of the molecule is CCCCCCN=Cc1c(O)n(Cc2ccccc2)c(=O)[nH]c1=O. The zero-order valence-corrected chi connectivity index (χ0v) is 13.9. The number of hydrogen-bond acceptors (Lipinski definition) is 4. The molecule has 1 aromatic heterocycles. The van der Waals surface area contributed by atoms with E-state index in [4.69, 9.17) is 0 Å². The van der Waals surface area contributed by atoms with Gasteiger partial charge in [0, 0.05) is 12.8 Å². The van der Waals surface area contributed by atoms with Crippen LogP contribution in [0.3, 0.4) is 0 Å². The molecule has 0 aliphatic rings. The van der Waals surface area contributed by atoms with E-state index in [-0.39, 0.29) is 18.0 Å². The van der Waals surface area contributed by atoms with Crippen LogP contribution in [-0.4, -0.2) is 27.4 Å². The Hall–Kier alpha value is -2.63. The number of aliphatic imine (C=N–C) groups is 1. The number of unbranched alkanes of at least 4 members (excludes halogenated alkanes) is 3. The Morgan fingerprint density at radius 3 is 2.62 bits per heavy atom. The minimum absolute atomic E-state index is 0.0148. The van der Waals surface area contributed by atoms with Crippen LogP contribution in [0.5, 0.6) is 5.88 Å². The fraction of sp³-hybridized carbons (Fsp3) is 0.389. The fourth-order valence-electron chi connectivity index (χ4n) is 2.39. The second-order valence-corrected chi connectivity index (χ2v) is 5.66. The number of rotatable bonds is 8. The lowest BCUT2D eigenvalue weighted by molar-refractivity contribution is 0.408. The number of nitrogens with zero attached hydrogens (tertiary/aromatic N) is 2. The molecule has 0 bridgehead atoms. The molecular weight excluding hydrogens is 306 g/mol. The number of hydrogen-bond donors (Lipinski definition) is 2. The van der Waals surface area contributed by atoms with Crippen LogP contribution in [-0.2, 0) is 6.54 Å². The van der Waals surface area contributed by atoms with E-state index in [1.54, 1.807) is 0 Å². The molecule has 24 heavy (non-hydrogen) atoms. The molecule has 0 radical (unpaired) electrons. The zero-order chi connectivity index (χ0) is 17.4. The van der Waals surface area contributed by atoms with Crippen LogP contribution in [0.25, 0.3) is 0 Å². The van der Waals surface area contributed by atoms with Crippen molar-refractivity contribution >= 4 is 6.21 Å². The molecule has 6 heteroatoms. The molecule has 0 saturated heterocycles. The molecule has 0 aliphatic heterocycles. The van der Waals surface area contributed by atoms with E-state index in [9.17, 15) is 14.7 Å². The van der Waals surface area contributed by atoms with Gasteiger partial charge in [-0.2, -0.15) is 0 Å². The maximum Gasteiger partial charge on any atom is 0.331 e. The topological polar surface area (TPSA) is 87.4 Å². The minimum atomic E-state index is -0.638. The van der Waals surface area contributed by atoms with Gasteiger partial charge in [-0.1, -0.05) is 56.5 Å². The zero-order valence-electron chi connectivity index (χ0n) is 13.9. The smallest absolute Gasteiger partial charge is 0.331 e. The summed E-state index contributed by atoms with van der Waals surface area (Å²) in [6.45, 7) is 2.91. The second-order valence-electron chi connectivity index (χ2n) is 5.66. The van der Waals surface area contributed by atoms with Crippen molar-refractivity contribution < 1.29 is 5.11 Å². The summed E-state index contributed by atoms with van der Waals surface area (Å²) in [5.41, 5.74) is -0.397. The third-order valence-electron chi connectivity index (χ3n) is 3.75. The fourth-order valence-corrected chi connectivity index (χ4v) is 2.39. The van der Waals surface area contributed by atoms with Crippen LogP contribution in [0.4, 0.5) is 0 Å². The van der Waals surface area contributed by atoms with Crippen molar-refractivity contribution in [2.75, 3.05) is 6.54 Å². The molecule has 128 valence electrons. The predicted molar refractivity (Wildman–Crippen MR) is 95.1 cm³/mol. The first-order valence-corrected chi connectivity index (χ1v) is 8.23. The van der Waals surface area contributed by atoms with E-state index < -0.39 is 11.2 Å². The Kier molecular flexibility index (Phi) is 6.54. The van der Waals surface area contributed by atoms with Crippen molar-refractivity contribution in [1.82, 2.24) is 9.55 Å². The average molecular weight is 329 g/mol. The largest absolute Gasteiger partial charge is 0.494 e. The molecule has 1 aromatic carbocycles. The highest BCUT2D eigenvalue weighted by Crippen LogP contribution is 2.11. The third kappa shape index (κ3) is 4.68. The average Bonchev–Trinajstić information content (AvgIpc) is 2.58. The van der Waals surface area contributed by atoms with Crippen molar-refractivity contribution in [3.05, 3.63) is 62.3 Å². The van der Waals surface area contributed by atoms with E-state index in [0.29, 0.717) is 6.54 Å². The summed E-state index contributed by atoms with van der Waals surface area (Å²) < 4.78 is 1.13. The summed E-state index contributed by atoms with van der Waals surface area (Å²) in [6.07, 6.45) is 5.68. The molecule has 0 aliphatic carbocycles. The molecular formula is C18H23N3O3. The van der Waals surface area contributed by atoms with Gasteiger partial charge in [0.1, 0.15) is 5.56 Å². The van der Waals surface area contributed by atoms with E-state index in [1.807, 2.05) is 30.3 Å². The van der Waals surface area contributed by atoms with E-state index in [1.165, 1.54) is 6.21 Å². The molecule has 0 amide bonds. The molecule has 2 N–H and O–H groups in total. The first-order valence-electron chi connectivity index (χ1n) is 8.23. The van der Waals surface area contributed by atoms with Crippen LogP contribution in [0.15, 0.2) is 44.9 Å². The molecule has 1 heterocycles. The number of aromatic nitrogens is 2. The highest BCUT2D eigenvalue weighted by atomic mass is 16.3. The molecule has 0 atom stereocenters. The van der Waals surface area contributed by atoms with E-state index in [2.05, 4.69) is 16.9 Å². The Morgan fingerprint density at radius 2 is 1.92 bits per heavy atom. The number of H-pyrrole nitrogens is 1. The first-order chi connectivity index (χ1) is 11.6. The molecule has 0 saturated carbocycles. The maximum absolute atomic E-state index is 12.0. The Morgan fingerprint density at radius 1 is 1.17 bits per heavy atom. The van der Waals surface area contributed by atoms with Crippen LogP contribution in [0.1, 0.15) is 43.7 Å². The summed E-state index contributed by atoms with van der Waals surface area (Å²) in [6, 6.07) is 9.26. The van der Waals surface area contributed by atoms with Gasteiger partial charge in [-0.05, 0) is 12.0 Å². The van der Waals surface area contributed by atoms with Crippen molar-refractivity contribution in [3.8, 4) is 5.88 Å². The van der Waals surface area contributed by atoms with Crippen LogP contribution >= 0.6 is 0 Å². The quantitative estimate of drug-likeness (QED) is 0.575. The lowest BCUT2D eigenvalue weighted by Crippen LogP contribution is -2.32. The Balaban J connectivity index is 2.20. The minimum Gasteiger partial charge on any atom is -0.494 e. The highest BCUT2D eigenvalue weighted by molar-refractivity contribution is 5.81. The van der Waals surface area contributed by atoms with Crippen molar-refractivity contribution in [3.63, 3.8) is 0 Å². The van der Waals surface area contributed by atoms with Gasteiger partial charge in [0.2, 0.25) is 5.88 Å². The van der Waals surface area contributed by atoms with Gasteiger partial charge in [0.05, 0.1) is 6.54 Å². The van der Waals surface area contributed by atoms with Gasteiger partial charge >= 0.3 is 5.69 Å². The number of aromatic amines is 1. The van der Waals surface area contributed by atoms with Crippen LogP contribution in [0, 0.1) is 0 Å². The van der Waals surface area contributed by atoms with Gasteiger partial charge in [0.15, 0.2) is 0 Å². The number of benzene rings is 1. The van der Waals surface area contributed by atoms with Crippen LogP contribution in [0.2, 0.25) is 0 Å². The first kappa shape index (κ1) is 17.7. The summed E-state index contributed by atoms with van der Waals surface area (Å²) in [5.74, 6) is -0.357. The maximum atomic E-state index is 12.0. The monoisotopic (exact) mass is 329 g/mol. The summed E-state index contributed by atoms with van der Waals surface area (Å²) in [5, 5.41) is 10.3. The molecule has 6 nitrogen and oxygen atoms in total. The van der Waals surface area contributed by atoms with Gasteiger partial charge in [0.25, 0.3) is 5.56 Å². The van der Waals surface area contributed by atoms with Crippen molar-refractivity contribution in [1.29, 1.82) is 0 Å². The molecule has 0 spiro atoms. The Bertz CT molecular complexity index is 791. The van der Waals surface area contributed by atoms with Crippen LogP contribution < -0.4 is 11.2 Å². The summed E-state index contributed by atoms with van der Waals surface area (Å²) >= 11 is 0. The van der Waals surface area contributed by atoms with Gasteiger partial charge in [-0.3, -0.25) is 19.3 Å². The van der Waals surface area contributed by atoms with Crippen molar-refractivity contribution in [2.24, 2.45) is 4.99 Å². The van der Waals surface area contributed by atoms with Crippen molar-refractivity contribution in [2.45, 2.75) is 39.2 Å². The summed E-state index contributed by atoms with van der Waals surface area (Å²) in [4.78, 5) is 30.3. The van der Waals surface area contributed by atoms with Gasteiger partial charge < -0.3 is 5.11 Å². The molecule has 2 rings (SSSR count). The lowest BCUT2D eigenvalue weighted by atomic mass is 10.2. The highest BCUT2D eigenvalue weighted by Gasteiger charge is 2.12. The predicted octanol–water partition coefficient (Wildman–Crippen LogP) is 2.29. The second kappa shape index (κ2) is 8.86. The summed E-state index contributed by atoms with van der Waals surface area (Å²) in [7, 11) is 0. The molecule has 0 fully saturated rings.